The largest absolute Gasteiger partial charge is 0.380 e. The first-order valence-corrected chi connectivity index (χ1v) is 10.3. The van der Waals surface area contributed by atoms with E-state index in [1.54, 1.807) is 4.67 Å². The normalized spacial score (nSPS) is 33.3. The Morgan fingerprint density at radius 3 is 2.33 bits per heavy atom. The van der Waals surface area contributed by atoms with Gasteiger partial charge in [0.2, 0.25) is 0 Å². The van der Waals surface area contributed by atoms with E-state index in [4.69, 9.17) is 17.1 Å². The second-order valence-corrected chi connectivity index (χ2v) is 11.5. The van der Waals surface area contributed by atoms with Crippen LogP contribution in [-0.4, -0.2) is 76.2 Å². The van der Waals surface area contributed by atoms with Gasteiger partial charge in [-0.3, -0.25) is 4.57 Å². The maximum Gasteiger partial charge on any atom is 0.345 e. The molecule has 138 valence electrons. The lowest BCUT2D eigenvalue weighted by atomic mass is 9.72. The number of morpholine rings is 1. The van der Waals surface area contributed by atoms with Gasteiger partial charge in [0.05, 0.1) is 12.7 Å². The fourth-order valence-corrected chi connectivity index (χ4v) is 6.47. The highest BCUT2D eigenvalue weighted by Crippen LogP contribution is 2.57. The minimum atomic E-state index is -3.09. The van der Waals surface area contributed by atoms with Crippen molar-refractivity contribution in [2.75, 3.05) is 46.9 Å². The molecule has 6 nitrogen and oxygen atoms in total. The molecule has 0 aromatic carbocycles. The van der Waals surface area contributed by atoms with Crippen LogP contribution in [-0.2, 0) is 13.8 Å². The van der Waals surface area contributed by atoms with Crippen LogP contribution in [0.5, 0.6) is 0 Å². The van der Waals surface area contributed by atoms with Crippen LogP contribution < -0.4 is 5.32 Å². The topological polar surface area (TPSA) is 54.0 Å². The van der Waals surface area contributed by atoms with E-state index in [-0.39, 0.29) is 29.5 Å². The van der Waals surface area contributed by atoms with Gasteiger partial charge in [-0.15, -0.1) is 0 Å². The summed E-state index contributed by atoms with van der Waals surface area (Å²) in [6, 6.07) is -0.334. The van der Waals surface area contributed by atoms with E-state index in [9.17, 15) is 4.57 Å². The smallest absolute Gasteiger partial charge is 0.345 e. The van der Waals surface area contributed by atoms with Gasteiger partial charge in [-0.1, -0.05) is 27.7 Å². The van der Waals surface area contributed by atoms with Gasteiger partial charge in [-0.25, -0.2) is 9.34 Å². The molecule has 2 rings (SSSR count). The van der Waals surface area contributed by atoms with Crippen molar-refractivity contribution in [3.8, 4) is 0 Å². The summed E-state index contributed by atoms with van der Waals surface area (Å²) in [5.74, 6) is 0. The van der Waals surface area contributed by atoms with Crippen LogP contribution >= 0.6 is 7.67 Å². The van der Waals surface area contributed by atoms with Gasteiger partial charge in [-0.2, -0.15) is 0 Å². The monoisotopic (exact) mass is 357 g/mol. The molecule has 0 aromatic rings. The number of nitrogens with zero attached hydrogens (tertiary/aromatic N) is 2. The zero-order chi connectivity index (χ0) is 18.2. The summed E-state index contributed by atoms with van der Waals surface area (Å²) in [6.45, 7) is 12.0. The average molecular weight is 357 g/mol. The fourth-order valence-electron chi connectivity index (χ4n) is 4.09. The predicted molar refractivity (Wildman–Crippen MR) is 98.3 cm³/mol. The van der Waals surface area contributed by atoms with Crippen molar-refractivity contribution in [1.82, 2.24) is 14.7 Å². The minimum Gasteiger partial charge on any atom is -0.380 e. The van der Waals surface area contributed by atoms with Crippen molar-refractivity contribution < 1.29 is 13.8 Å². The van der Waals surface area contributed by atoms with Gasteiger partial charge in [0, 0.05) is 32.2 Å². The summed E-state index contributed by atoms with van der Waals surface area (Å²) in [6.07, 6.45) is 0.932. The number of ether oxygens (including phenoxy) is 1. The molecule has 2 fully saturated rings. The summed E-state index contributed by atoms with van der Waals surface area (Å²) < 4.78 is 29.1. The highest BCUT2D eigenvalue weighted by molar-refractivity contribution is 7.53. The van der Waals surface area contributed by atoms with Gasteiger partial charge < -0.3 is 14.6 Å². The molecule has 0 amide bonds. The van der Waals surface area contributed by atoms with Gasteiger partial charge in [0.1, 0.15) is 7.85 Å². The van der Waals surface area contributed by atoms with E-state index in [1.165, 1.54) is 0 Å². The Labute approximate surface area is 148 Å². The molecule has 0 saturated carbocycles. The van der Waals surface area contributed by atoms with Crippen molar-refractivity contribution in [3.63, 3.8) is 0 Å². The Hall–Kier alpha value is 0.0949. The molecule has 0 spiro atoms. The number of rotatable bonds is 5. The van der Waals surface area contributed by atoms with Crippen molar-refractivity contribution in [3.05, 3.63) is 0 Å². The first-order chi connectivity index (χ1) is 10.9. The predicted octanol–water partition coefficient (Wildman–Crippen LogP) is 1.91. The molecule has 0 aliphatic carbocycles. The Bertz CT molecular complexity index is 471. The third kappa shape index (κ3) is 5.06. The first-order valence-electron chi connectivity index (χ1n) is 8.73. The van der Waals surface area contributed by atoms with E-state index in [0.717, 1.165) is 19.5 Å². The average Bonchev–Trinajstić information content (AvgIpc) is 2.41. The summed E-state index contributed by atoms with van der Waals surface area (Å²) in [7, 11) is 6.35. The Balaban J connectivity index is 2.10. The minimum absolute atomic E-state index is 0.0992. The molecular weight excluding hydrogens is 324 g/mol. The van der Waals surface area contributed by atoms with Crippen LogP contribution in [0, 0.1) is 10.8 Å². The van der Waals surface area contributed by atoms with Crippen molar-refractivity contribution >= 4 is 15.5 Å². The Morgan fingerprint density at radius 2 is 1.83 bits per heavy atom. The number of hydrogen-bond donors (Lipinski definition) is 1. The molecule has 1 N–H and O–H groups in total. The van der Waals surface area contributed by atoms with E-state index >= 15 is 0 Å². The quantitative estimate of drug-likeness (QED) is 0.599. The Morgan fingerprint density at radius 1 is 1.25 bits per heavy atom. The molecule has 3 atom stereocenters. The molecule has 2 aliphatic rings. The SMILES string of the molecule is [B][C@H]1CNC[C@@H](CO[P@@](=O)(N(C)C)N2CC(C)(C)CC(C)(C)C2)O1. The van der Waals surface area contributed by atoms with Crippen LogP contribution in [0.25, 0.3) is 0 Å². The van der Waals surface area contributed by atoms with Crippen LogP contribution in [0.1, 0.15) is 34.1 Å². The molecule has 2 heterocycles. The second-order valence-electron chi connectivity index (χ2n) is 8.92. The Kier molecular flexibility index (Phi) is 6.27. The molecule has 8 heteroatoms. The molecule has 0 unspecified atom stereocenters. The zero-order valence-electron chi connectivity index (χ0n) is 16.0. The lowest BCUT2D eigenvalue weighted by molar-refractivity contribution is -0.0256. The first kappa shape index (κ1) is 20.4. The van der Waals surface area contributed by atoms with Gasteiger partial charge in [-0.05, 0) is 31.3 Å². The molecule has 2 saturated heterocycles. The number of nitrogens with one attached hydrogen (secondary N) is 1. The maximum atomic E-state index is 13.7. The van der Waals surface area contributed by atoms with E-state index in [2.05, 4.69) is 33.0 Å². The van der Waals surface area contributed by atoms with Crippen LogP contribution in [0.2, 0.25) is 0 Å². The maximum absolute atomic E-state index is 13.7. The molecule has 0 bridgehead atoms. The van der Waals surface area contributed by atoms with Crippen molar-refractivity contribution in [2.24, 2.45) is 10.8 Å². The molecule has 24 heavy (non-hydrogen) atoms. The molecule has 0 aromatic heterocycles. The van der Waals surface area contributed by atoms with Gasteiger partial charge >= 0.3 is 7.67 Å². The van der Waals surface area contributed by atoms with Crippen LogP contribution in [0.4, 0.5) is 0 Å². The van der Waals surface area contributed by atoms with Gasteiger partial charge in [0.25, 0.3) is 0 Å². The lowest BCUT2D eigenvalue weighted by Crippen LogP contribution is -2.50. The third-order valence-corrected chi connectivity index (χ3v) is 7.05. The van der Waals surface area contributed by atoms with E-state index in [0.29, 0.717) is 13.1 Å². The molecule has 2 radical (unpaired) electrons. The van der Waals surface area contributed by atoms with Crippen molar-refractivity contribution in [2.45, 2.75) is 46.2 Å². The molecular formula is C16H33BN3O3P. The van der Waals surface area contributed by atoms with E-state index < -0.39 is 7.67 Å². The summed E-state index contributed by atoms with van der Waals surface area (Å²) in [5, 5.41) is 3.21. The van der Waals surface area contributed by atoms with Crippen LogP contribution in [0.3, 0.4) is 0 Å². The number of piperidine rings is 1. The second kappa shape index (κ2) is 7.38. The highest BCUT2D eigenvalue weighted by atomic mass is 31.2. The van der Waals surface area contributed by atoms with E-state index in [1.807, 2.05) is 18.8 Å². The fraction of sp³-hybridized carbons (Fsp3) is 1.00. The third-order valence-electron chi connectivity index (χ3n) is 4.55. The standard InChI is InChI=1S/C16H33BN3O3P/c1-15(2)10-16(3,4)12-20(11-15)24(21,19(5)6)22-9-13-7-18-8-14(17)23-13/h13-14,18H,7-12H2,1-6H3/t13-,14+,24-/m0/s1. The van der Waals surface area contributed by atoms with Crippen molar-refractivity contribution in [1.29, 1.82) is 0 Å². The highest BCUT2D eigenvalue weighted by Gasteiger charge is 2.46. The summed E-state index contributed by atoms with van der Waals surface area (Å²) in [5.41, 5.74) is 0.198. The summed E-state index contributed by atoms with van der Waals surface area (Å²) in [4.78, 5) is 0. The van der Waals surface area contributed by atoms with Gasteiger partial charge in [0.15, 0.2) is 0 Å². The zero-order valence-corrected chi connectivity index (χ0v) is 16.9. The molecule has 2 aliphatic heterocycles. The number of hydrogen-bond acceptors (Lipinski definition) is 4. The van der Waals surface area contributed by atoms with Crippen LogP contribution in [0.15, 0.2) is 0 Å². The lowest BCUT2D eigenvalue weighted by Gasteiger charge is -2.49. The summed E-state index contributed by atoms with van der Waals surface area (Å²) >= 11 is 0.